The number of nitrogen functional groups attached to an aromatic ring is 1. The minimum atomic E-state index is -4.03. The molecule has 2 aliphatic heterocycles. The van der Waals surface area contributed by atoms with Crippen LogP contribution in [0, 0.1) is 5.41 Å². The molecule has 214 valence electrons. The van der Waals surface area contributed by atoms with Gasteiger partial charge in [-0.05, 0) is 49.2 Å². The summed E-state index contributed by atoms with van der Waals surface area (Å²) in [5.41, 5.74) is 7.33. The molecule has 0 spiro atoms. The highest BCUT2D eigenvalue weighted by Crippen LogP contribution is 2.26. The monoisotopic (exact) mass is 567 g/mol. The fourth-order valence-corrected chi connectivity index (χ4v) is 6.09. The SMILES string of the molecule is CCOC(=O)CS(=O)(=O)N(CC=Cc1cccc(C(=N)N)c1)c1ccc(OC2CCN(C3=NCCC3)CC2)cc1. The van der Waals surface area contributed by atoms with Gasteiger partial charge < -0.3 is 20.1 Å². The van der Waals surface area contributed by atoms with Crippen molar-refractivity contribution in [3.05, 3.63) is 65.7 Å². The van der Waals surface area contributed by atoms with E-state index in [0.29, 0.717) is 17.0 Å². The number of sulfonamides is 1. The number of likely N-dealkylation sites (tertiary alicyclic amines) is 1. The number of carbonyl (C=O) groups is 1. The van der Waals surface area contributed by atoms with E-state index in [1.807, 2.05) is 6.07 Å². The number of piperidine rings is 1. The lowest BCUT2D eigenvalue weighted by molar-refractivity contribution is -0.139. The summed E-state index contributed by atoms with van der Waals surface area (Å²) in [4.78, 5) is 19.0. The summed E-state index contributed by atoms with van der Waals surface area (Å²) in [5, 5.41) is 7.62. The number of nitrogens with zero attached hydrogens (tertiary/aromatic N) is 3. The van der Waals surface area contributed by atoms with Gasteiger partial charge in [-0.15, -0.1) is 0 Å². The molecule has 0 aliphatic carbocycles. The van der Waals surface area contributed by atoms with Crippen LogP contribution in [0.15, 0.2) is 59.6 Å². The molecule has 0 aromatic heterocycles. The number of benzene rings is 2. The first-order valence-electron chi connectivity index (χ1n) is 13.6. The van der Waals surface area contributed by atoms with E-state index in [2.05, 4.69) is 9.89 Å². The van der Waals surface area contributed by atoms with E-state index in [4.69, 9.17) is 20.6 Å². The summed E-state index contributed by atoms with van der Waals surface area (Å²) in [6.45, 7) is 4.49. The average Bonchev–Trinajstić information content (AvgIpc) is 3.47. The summed E-state index contributed by atoms with van der Waals surface area (Å²) in [6.07, 6.45) is 7.51. The van der Waals surface area contributed by atoms with Crippen LogP contribution in [0.4, 0.5) is 5.69 Å². The molecule has 40 heavy (non-hydrogen) atoms. The van der Waals surface area contributed by atoms with Gasteiger partial charge in [0.05, 0.1) is 24.7 Å². The molecule has 2 aromatic rings. The Morgan fingerprint density at radius 3 is 2.60 bits per heavy atom. The maximum atomic E-state index is 13.2. The zero-order valence-electron chi connectivity index (χ0n) is 22.8. The van der Waals surface area contributed by atoms with Gasteiger partial charge in [0.15, 0.2) is 5.75 Å². The molecule has 1 saturated heterocycles. The van der Waals surface area contributed by atoms with Crippen molar-refractivity contribution in [1.29, 1.82) is 5.41 Å². The van der Waals surface area contributed by atoms with Crippen LogP contribution in [-0.4, -0.2) is 75.6 Å². The third-order valence-corrected chi connectivity index (χ3v) is 8.44. The topological polar surface area (TPSA) is 138 Å². The Bertz CT molecular complexity index is 1350. The van der Waals surface area contributed by atoms with Crippen molar-refractivity contribution in [3.63, 3.8) is 0 Å². The number of amidine groups is 2. The van der Waals surface area contributed by atoms with E-state index in [9.17, 15) is 13.2 Å². The van der Waals surface area contributed by atoms with Crippen LogP contribution in [0.3, 0.4) is 0 Å². The highest BCUT2D eigenvalue weighted by Gasteiger charge is 2.27. The largest absolute Gasteiger partial charge is 0.490 e. The third-order valence-electron chi connectivity index (χ3n) is 6.81. The maximum Gasteiger partial charge on any atom is 0.323 e. The van der Waals surface area contributed by atoms with Crippen molar-refractivity contribution in [2.75, 3.05) is 42.8 Å². The molecule has 0 radical (unpaired) electrons. The quantitative estimate of drug-likeness (QED) is 0.241. The Balaban J connectivity index is 1.45. The normalized spacial score (nSPS) is 16.1. The minimum absolute atomic E-state index is 0.00537. The molecule has 0 atom stereocenters. The number of anilines is 1. The molecule has 0 saturated carbocycles. The highest BCUT2D eigenvalue weighted by molar-refractivity contribution is 7.93. The van der Waals surface area contributed by atoms with Crippen molar-refractivity contribution in [3.8, 4) is 5.75 Å². The maximum absolute atomic E-state index is 13.2. The number of esters is 1. The lowest BCUT2D eigenvalue weighted by Crippen LogP contribution is -2.41. The third kappa shape index (κ3) is 7.84. The number of hydrogen-bond acceptors (Lipinski definition) is 8. The van der Waals surface area contributed by atoms with Crippen LogP contribution in [0.1, 0.15) is 43.7 Å². The molecule has 0 unspecified atom stereocenters. The van der Waals surface area contributed by atoms with Gasteiger partial charge in [-0.25, -0.2) is 8.42 Å². The number of carbonyl (C=O) groups excluding carboxylic acids is 1. The molecule has 11 heteroatoms. The molecule has 0 amide bonds. The molecule has 1 fully saturated rings. The number of rotatable bonds is 11. The lowest BCUT2D eigenvalue weighted by Gasteiger charge is -2.33. The second kappa shape index (κ2) is 13.5. The van der Waals surface area contributed by atoms with Crippen molar-refractivity contribution >= 4 is 39.4 Å². The first-order valence-corrected chi connectivity index (χ1v) is 15.2. The minimum Gasteiger partial charge on any atom is -0.490 e. The van der Waals surface area contributed by atoms with Crippen LogP contribution in [0.25, 0.3) is 6.08 Å². The van der Waals surface area contributed by atoms with Crippen LogP contribution < -0.4 is 14.8 Å². The zero-order valence-corrected chi connectivity index (χ0v) is 23.6. The van der Waals surface area contributed by atoms with Crippen molar-refractivity contribution in [2.24, 2.45) is 10.7 Å². The van der Waals surface area contributed by atoms with E-state index in [1.165, 1.54) is 10.1 Å². The summed E-state index contributed by atoms with van der Waals surface area (Å²) >= 11 is 0. The fourth-order valence-electron chi connectivity index (χ4n) is 4.80. The lowest BCUT2D eigenvalue weighted by atomic mass is 10.1. The molecule has 2 aromatic carbocycles. The molecular formula is C29H37N5O5S. The van der Waals surface area contributed by atoms with Crippen molar-refractivity contribution < 1.29 is 22.7 Å². The van der Waals surface area contributed by atoms with Crippen LogP contribution in [0.2, 0.25) is 0 Å². The first kappa shape index (κ1) is 29.1. The standard InChI is InChI=1S/C29H37N5O5S/c1-2-38-28(35)21-40(36,37)34(17-5-7-22-6-3-8-23(20-22)29(30)31)24-10-12-25(13-11-24)39-26-14-18-33(19-15-26)27-9-4-16-32-27/h3,5-8,10-13,20,26H,2,4,9,14-19,21H2,1H3,(H3,30,31). The van der Waals surface area contributed by atoms with Crippen molar-refractivity contribution in [2.45, 2.75) is 38.7 Å². The second-order valence-corrected chi connectivity index (χ2v) is 11.6. The van der Waals surface area contributed by atoms with Gasteiger partial charge in [0.2, 0.25) is 10.0 Å². The molecule has 2 heterocycles. The Kier molecular flexibility index (Phi) is 9.81. The number of ether oxygens (including phenoxy) is 2. The van der Waals surface area contributed by atoms with Crippen LogP contribution >= 0.6 is 0 Å². The smallest absolute Gasteiger partial charge is 0.323 e. The van der Waals surface area contributed by atoms with Gasteiger partial charge in [0.25, 0.3) is 0 Å². The number of nitrogens with one attached hydrogen (secondary N) is 1. The Hall–Kier alpha value is -3.86. The molecule has 3 N–H and O–H groups in total. The number of hydrogen-bond donors (Lipinski definition) is 2. The van der Waals surface area contributed by atoms with E-state index in [1.54, 1.807) is 61.5 Å². The average molecular weight is 568 g/mol. The van der Waals surface area contributed by atoms with Crippen LogP contribution in [-0.2, 0) is 19.6 Å². The first-order chi connectivity index (χ1) is 19.2. The van der Waals surface area contributed by atoms with Crippen LogP contribution in [0.5, 0.6) is 5.75 Å². The fraction of sp³-hybridized carbons (Fsp3) is 0.414. The highest BCUT2D eigenvalue weighted by atomic mass is 32.2. The summed E-state index contributed by atoms with van der Waals surface area (Å²) in [5.74, 6) is 0.258. The van der Waals surface area contributed by atoms with E-state index < -0.39 is 21.7 Å². The van der Waals surface area contributed by atoms with Gasteiger partial charge in [-0.1, -0.05) is 30.4 Å². The van der Waals surface area contributed by atoms with Gasteiger partial charge >= 0.3 is 5.97 Å². The summed E-state index contributed by atoms with van der Waals surface area (Å²) in [7, 11) is -4.03. The van der Waals surface area contributed by atoms with Gasteiger partial charge in [0, 0.05) is 44.5 Å². The Morgan fingerprint density at radius 2 is 1.95 bits per heavy atom. The molecule has 4 rings (SSSR count). The van der Waals surface area contributed by atoms with Gasteiger partial charge in [-0.2, -0.15) is 0 Å². The van der Waals surface area contributed by atoms with Gasteiger partial charge in [-0.3, -0.25) is 19.5 Å². The number of nitrogens with two attached hydrogens (primary N) is 1. The molecule has 10 nitrogen and oxygen atoms in total. The molecular weight excluding hydrogens is 530 g/mol. The van der Waals surface area contributed by atoms with E-state index >= 15 is 0 Å². The predicted molar refractivity (Wildman–Crippen MR) is 157 cm³/mol. The van der Waals surface area contributed by atoms with Crippen molar-refractivity contribution in [1.82, 2.24) is 4.90 Å². The zero-order chi connectivity index (χ0) is 28.5. The van der Waals surface area contributed by atoms with Gasteiger partial charge in [0.1, 0.15) is 17.7 Å². The summed E-state index contributed by atoms with van der Waals surface area (Å²) in [6, 6.07) is 14.0. The van der Waals surface area contributed by atoms with E-state index in [-0.39, 0.29) is 25.1 Å². The predicted octanol–water partition coefficient (Wildman–Crippen LogP) is 3.42. The Labute approximate surface area is 236 Å². The van der Waals surface area contributed by atoms with E-state index in [0.717, 1.165) is 50.9 Å². The Morgan fingerprint density at radius 1 is 1.20 bits per heavy atom. The second-order valence-electron chi connectivity index (χ2n) is 9.73. The number of aliphatic imine (C=N–C) groups is 1. The molecule has 2 aliphatic rings. The summed E-state index contributed by atoms with van der Waals surface area (Å²) < 4.78 is 38.8. The molecule has 0 bridgehead atoms.